The smallest absolute Gasteiger partial charge is 0.231 e. The maximum atomic E-state index is 5.40. The molecule has 2 fully saturated rings. The molecule has 106 valence electrons. The fourth-order valence-corrected chi connectivity index (χ4v) is 2.68. The Hall–Kier alpha value is -0.980. The van der Waals surface area contributed by atoms with Crippen molar-refractivity contribution in [1.29, 1.82) is 0 Å². The Morgan fingerprint density at radius 3 is 3.00 bits per heavy atom. The lowest BCUT2D eigenvalue weighted by Gasteiger charge is -2.25. The van der Waals surface area contributed by atoms with Gasteiger partial charge in [-0.1, -0.05) is 5.16 Å². The molecule has 0 amide bonds. The average molecular weight is 266 g/mol. The molecule has 1 atom stereocenters. The second-order valence-corrected chi connectivity index (χ2v) is 5.30. The molecule has 0 aliphatic carbocycles. The van der Waals surface area contributed by atoms with Crippen molar-refractivity contribution >= 4 is 0 Å². The molecule has 2 saturated heterocycles. The van der Waals surface area contributed by atoms with Gasteiger partial charge in [-0.05, 0) is 19.4 Å². The van der Waals surface area contributed by atoms with E-state index in [4.69, 9.17) is 9.26 Å². The van der Waals surface area contributed by atoms with E-state index in [9.17, 15) is 0 Å². The van der Waals surface area contributed by atoms with Crippen LogP contribution in [0.4, 0.5) is 0 Å². The van der Waals surface area contributed by atoms with Gasteiger partial charge in [-0.2, -0.15) is 4.98 Å². The van der Waals surface area contributed by atoms with Gasteiger partial charge in [-0.25, -0.2) is 0 Å². The molecule has 3 rings (SSSR count). The molecular formula is C13H22N4O2. The maximum Gasteiger partial charge on any atom is 0.231 e. The van der Waals surface area contributed by atoms with Gasteiger partial charge in [0.1, 0.15) is 0 Å². The Balaban J connectivity index is 1.49. The summed E-state index contributed by atoms with van der Waals surface area (Å²) in [6.45, 7) is 6.76. The number of aromatic nitrogens is 2. The Bertz CT molecular complexity index is 384. The lowest BCUT2D eigenvalue weighted by Crippen LogP contribution is -2.37. The van der Waals surface area contributed by atoms with Crippen molar-refractivity contribution in [1.82, 2.24) is 20.4 Å². The first-order valence-electron chi connectivity index (χ1n) is 7.25. The van der Waals surface area contributed by atoms with E-state index in [1.807, 2.05) is 0 Å². The van der Waals surface area contributed by atoms with Crippen LogP contribution >= 0.6 is 0 Å². The molecule has 1 unspecified atom stereocenters. The molecule has 0 bridgehead atoms. The summed E-state index contributed by atoms with van der Waals surface area (Å²) in [5, 5.41) is 7.48. The molecule has 1 N–H and O–H groups in total. The van der Waals surface area contributed by atoms with Crippen molar-refractivity contribution in [2.24, 2.45) is 0 Å². The fraction of sp³-hybridized carbons (Fsp3) is 0.846. The van der Waals surface area contributed by atoms with Crippen LogP contribution in [-0.2, 0) is 11.2 Å². The quantitative estimate of drug-likeness (QED) is 0.851. The van der Waals surface area contributed by atoms with E-state index in [1.54, 1.807) is 0 Å². The molecule has 0 aromatic carbocycles. The van der Waals surface area contributed by atoms with E-state index < -0.39 is 0 Å². The van der Waals surface area contributed by atoms with Crippen LogP contribution in [0.25, 0.3) is 0 Å². The highest BCUT2D eigenvalue weighted by atomic mass is 16.5. The summed E-state index contributed by atoms with van der Waals surface area (Å²) in [6, 6.07) is 0. The van der Waals surface area contributed by atoms with E-state index in [2.05, 4.69) is 20.4 Å². The Morgan fingerprint density at radius 1 is 1.32 bits per heavy atom. The van der Waals surface area contributed by atoms with Crippen molar-refractivity contribution in [2.75, 3.05) is 45.9 Å². The lowest BCUT2D eigenvalue weighted by atomic mass is 10.00. The van der Waals surface area contributed by atoms with Crippen molar-refractivity contribution < 1.29 is 9.26 Å². The lowest BCUT2D eigenvalue weighted by molar-refractivity contribution is 0.0381. The molecule has 6 nitrogen and oxygen atoms in total. The fourth-order valence-electron chi connectivity index (χ4n) is 2.68. The van der Waals surface area contributed by atoms with Crippen LogP contribution in [0.1, 0.15) is 30.5 Å². The van der Waals surface area contributed by atoms with Gasteiger partial charge in [0.15, 0.2) is 5.82 Å². The zero-order valence-corrected chi connectivity index (χ0v) is 11.3. The predicted molar refractivity (Wildman–Crippen MR) is 70.1 cm³/mol. The maximum absolute atomic E-state index is 5.40. The third kappa shape index (κ3) is 3.52. The monoisotopic (exact) mass is 266 g/mol. The van der Waals surface area contributed by atoms with Crippen LogP contribution in [0.2, 0.25) is 0 Å². The molecule has 1 aromatic rings. The SMILES string of the molecule is C1CNCC(c2nc(CCN3CCOCC3)no2)C1. The number of rotatable bonds is 4. The second-order valence-electron chi connectivity index (χ2n) is 5.30. The largest absolute Gasteiger partial charge is 0.379 e. The number of piperidine rings is 1. The summed E-state index contributed by atoms with van der Waals surface area (Å²) < 4.78 is 10.7. The van der Waals surface area contributed by atoms with E-state index in [0.717, 1.165) is 70.5 Å². The summed E-state index contributed by atoms with van der Waals surface area (Å²) >= 11 is 0. The molecule has 1 aromatic heterocycles. The number of hydrogen-bond donors (Lipinski definition) is 1. The number of ether oxygens (including phenoxy) is 1. The van der Waals surface area contributed by atoms with E-state index in [1.165, 1.54) is 6.42 Å². The Labute approximate surface area is 113 Å². The predicted octanol–water partition coefficient (Wildman–Crippen LogP) is 0.411. The van der Waals surface area contributed by atoms with Crippen molar-refractivity contribution in [3.63, 3.8) is 0 Å². The van der Waals surface area contributed by atoms with Gasteiger partial charge in [-0.3, -0.25) is 4.90 Å². The highest BCUT2D eigenvalue weighted by Gasteiger charge is 2.21. The van der Waals surface area contributed by atoms with Gasteiger partial charge in [0.05, 0.1) is 19.1 Å². The van der Waals surface area contributed by atoms with Crippen LogP contribution in [0.3, 0.4) is 0 Å². The second kappa shape index (κ2) is 6.45. The van der Waals surface area contributed by atoms with Gasteiger partial charge in [0, 0.05) is 32.6 Å². The zero-order valence-electron chi connectivity index (χ0n) is 11.3. The molecular weight excluding hydrogens is 244 g/mol. The van der Waals surface area contributed by atoms with Gasteiger partial charge < -0.3 is 14.6 Å². The van der Waals surface area contributed by atoms with E-state index >= 15 is 0 Å². The summed E-state index contributed by atoms with van der Waals surface area (Å²) in [7, 11) is 0. The summed E-state index contributed by atoms with van der Waals surface area (Å²) in [4.78, 5) is 6.93. The van der Waals surface area contributed by atoms with Crippen molar-refractivity contribution in [3.05, 3.63) is 11.7 Å². The number of morpholine rings is 1. The van der Waals surface area contributed by atoms with E-state index in [-0.39, 0.29) is 0 Å². The van der Waals surface area contributed by atoms with Gasteiger partial charge >= 0.3 is 0 Å². The molecule has 0 spiro atoms. The summed E-state index contributed by atoms with van der Waals surface area (Å²) in [5.74, 6) is 2.05. The molecule has 3 heterocycles. The summed E-state index contributed by atoms with van der Waals surface area (Å²) in [5.41, 5.74) is 0. The normalized spacial score (nSPS) is 25.6. The molecule has 2 aliphatic heterocycles. The first-order chi connectivity index (χ1) is 9.42. The third-order valence-electron chi connectivity index (χ3n) is 3.89. The van der Waals surface area contributed by atoms with Gasteiger partial charge in [0.2, 0.25) is 5.89 Å². The van der Waals surface area contributed by atoms with Crippen LogP contribution < -0.4 is 5.32 Å². The zero-order chi connectivity index (χ0) is 12.9. The van der Waals surface area contributed by atoms with Crippen LogP contribution in [0.15, 0.2) is 4.52 Å². The first-order valence-corrected chi connectivity index (χ1v) is 7.25. The van der Waals surface area contributed by atoms with Crippen LogP contribution in [-0.4, -0.2) is 61.0 Å². The number of nitrogens with zero attached hydrogens (tertiary/aromatic N) is 3. The molecule has 19 heavy (non-hydrogen) atoms. The molecule has 0 radical (unpaired) electrons. The topological polar surface area (TPSA) is 63.4 Å². The Kier molecular flexibility index (Phi) is 4.42. The molecule has 0 saturated carbocycles. The highest BCUT2D eigenvalue weighted by molar-refractivity contribution is 4.97. The third-order valence-corrected chi connectivity index (χ3v) is 3.89. The standard InChI is InChI=1S/C13H22N4O2/c1-2-11(10-14-4-1)13-15-12(16-19-13)3-5-17-6-8-18-9-7-17/h11,14H,1-10H2. The minimum atomic E-state index is 0.401. The minimum Gasteiger partial charge on any atom is -0.379 e. The first kappa shape index (κ1) is 13.0. The van der Waals surface area contributed by atoms with Gasteiger partial charge in [0.25, 0.3) is 0 Å². The number of hydrogen-bond acceptors (Lipinski definition) is 6. The summed E-state index contributed by atoms with van der Waals surface area (Å²) in [6.07, 6.45) is 3.21. The van der Waals surface area contributed by atoms with E-state index in [0.29, 0.717) is 5.92 Å². The van der Waals surface area contributed by atoms with Crippen molar-refractivity contribution in [2.45, 2.75) is 25.2 Å². The molecule has 6 heteroatoms. The number of nitrogens with one attached hydrogen (secondary N) is 1. The average Bonchev–Trinajstić information content (AvgIpc) is 2.96. The Morgan fingerprint density at radius 2 is 2.21 bits per heavy atom. The van der Waals surface area contributed by atoms with Crippen LogP contribution in [0.5, 0.6) is 0 Å². The minimum absolute atomic E-state index is 0.401. The highest BCUT2D eigenvalue weighted by Crippen LogP contribution is 2.21. The van der Waals surface area contributed by atoms with Gasteiger partial charge in [-0.15, -0.1) is 0 Å². The molecule has 2 aliphatic rings. The van der Waals surface area contributed by atoms with Crippen molar-refractivity contribution in [3.8, 4) is 0 Å². The van der Waals surface area contributed by atoms with Crippen LogP contribution in [0, 0.1) is 0 Å².